The number of aryl methyl sites for hydroxylation is 1. The van der Waals surface area contributed by atoms with Crippen molar-refractivity contribution in [2.45, 2.75) is 25.1 Å². The van der Waals surface area contributed by atoms with E-state index in [-0.39, 0.29) is 5.75 Å². The molecular formula is C14H17N3O3S. The number of rotatable bonds is 7. The molecule has 1 heterocycles. The standard InChI is InChI=1S/C14H17N3O3S/c1-3-10-5-4-6-11(7-10)20-8-12-15-16-14(17(12)2)21-9-13(18)19/h4-7H,3,8-9H2,1-2H3,(H,18,19). The van der Waals surface area contributed by atoms with E-state index >= 15 is 0 Å². The third kappa shape index (κ3) is 4.22. The number of hydrogen-bond donors (Lipinski definition) is 1. The van der Waals surface area contributed by atoms with Gasteiger partial charge in [0.1, 0.15) is 12.4 Å². The lowest BCUT2D eigenvalue weighted by Crippen LogP contribution is -2.05. The molecule has 0 saturated carbocycles. The van der Waals surface area contributed by atoms with E-state index in [1.165, 1.54) is 5.56 Å². The fourth-order valence-corrected chi connectivity index (χ4v) is 2.38. The maximum absolute atomic E-state index is 10.6. The van der Waals surface area contributed by atoms with Gasteiger partial charge in [-0.3, -0.25) is 4.79 Å². The number of carboxylic acids is 1. The molecular weight excluding hydrogens is 290 g/mol. The summed E-state index contributed by atoms with van der Waals surface area (Å²) in [6, 6.07) is 7.90. The van der Waals surface area contributed by atoms with Crippen LogP contribution in [0.3, 0.4) is 0 Å². The highest BCUT2D eigenvalue weighted by atomic mass is 32.2. The van der Waals surface area contributed by atoms with Crippen LogP contribution in [0.1, 0.15) is 18.3 Å². The van der Waals surface area contributed by atoms with Crippen LogP contribution >= 0.6 is 11.8 Å². The molecule has 0 unspecified atom stereocenters. The second-order valence-corrected chi connectivity index (χ2v) is 5.37. The van der Waals surface area contributed by atoms with Crippen molar-refractivity contribution in [3.63, 3.8) is 0 Å². The first kappa shape index (κ1) is 15.4. The Morgan fingerprint density at radius 1 is 1.43 bits per heavy atom. The summed E-state index contributed by atoms with van der Waals surface area (Å²) in [6.07, 6.45) is 0.955. The van der Waals surface area contributed by atoms with E-state index in [2.05, 4.69) is 23.2 Å². The van der Waals surface area contributed by atoms with E-state index in [1.54, 1.807) is 11.6 Å². The lowest BCUT2D eigenvalue weighted by molar-refractivity contribution is -0.133. The first-order valence-corrected chi connectivity index (χ1v) is 7.53. The summed E-state index contributed by atoms with van der Waals surface area (Å²) in [5.41, 5.74) is 1.21. The third-order valence-electron chi connectivity index (χ3n) is 2.92. The van der Waals surface area contributed by atoms with E-state index < -0.39 is 5.97 Å². The molecule has 0 aliphatic heterocycles. The average Bonchev–Trinajstić information content (AvgIpc) is 2.83. The molecule has 1 aromatic carbocycles. The van der Waals surface area contributed by atoms with Crippen molar-refractivity contribution in [2.75, 3.05) is 5.75 Å². The maximum atomic E-state index is 10.6. The summed E-state index contributed by atoms with van der Waals surface area (Å²) in [5.74, 6) is 0.532. The van der Waals surface area contributed by atoms with E-state index in [4.69, 9.17) is 9.84 Å². The number of nitrogens with zero attached hydrogens (tertiary/aromatic N) is 3. The van der Waals surface area contributed by atoms with E-state index in [9.17, 15) is 4.79 Å². The van der Waals surface area contributed by atoms with Gasteiger partial charge < -0.3 is 14.4 Å². The molecule has 112 valence electrons. The Labute approximate surface area is 127 Å². The molecule has 0 radical (unpaired) electrons. The summed E-state index contributed by atoms with van der Waals surface area (Å²) < 4.78 is 7.45. The fraction of sp³-hybridized carbons (Fsp3) is 0.357. The molecule has 1 aromatic heterocycles. The first-order valence-electron chi connectivity index (χ1n) is 6.54. The number of carbonyl (C=O) groups is 1. The molecule has 0 spiro atoms. The molecule has 0 atom stereocenters. The second kappa shape index (κ2) is 7.12. The molecule has 0 bridgehead atoms. The predicted molar refractivity (Wildman–Crippen MR) is 79.5 cm³/mol. The molecule has 2 rings (SSSR count). The number of aliphatic carboxylic acids is 1. The van der Waals surface area contributed by atoms with Crippen LogP contribution < -0.4 is 4.74 Å². The average molecular weight is 307 g/mol. The SMILES string of the molecule is CCc1cccc(OCc2nnc(SCC(=O)O)n2C)c1. The predicted octanol–water partition coefficient (Wildman–Crippen LogP) is 2.13. The van der Waals surface area contributed by atoms with Gasteiger partial charge in [-0.1, -0.05) is 30.8 Å². The number of carboxylic acid groups (broad SMARTS) is 1. The Balaban J connectivity index is 1.98. The topological polar surface area (TPSA) is 77.2 Å². The van der Waals surface area contributed by atoms with Crippen molar-refractivity contribution in [2.24, 2.45) is 7.05 Å². The molecule has 1 N–H and O–H groups in total. The van der Waals surface area contributed by atoms with Gasteiger partial charge in [-0.15, -0.1) is 10.2 Å². The van der Waals surface area contributed by atoms with Crippen LogP contribution in [0.2, 0.25) is 0 Å². The van der Waals surface area contributed by atoms with Crippen molar-refractivity contribution < 1.29 is 14.6 Å². The maximum Gasteiger partial charge on any atom is 0.313 e. The lowest BCUT2D eigenvalue weighted by atomic mass is 10.2. The monoisotopic (exact) mass is 307 g/mol. The van der Waals surface area contributed by atoms with Crippen molar-refractivity contribution in [3.05, 3.63) is 35.7 Å². The molecule has 2 aromatic rings. The lowest BCUT2D eigenvalue weighted by Gasteiger charge is -2.07. The molecule has 7 heteroatoms. The summed E-state index contributed by atoms with van der Waals surface area (Å²) in [4.78, 5) is 10.6. The van der Waals surface area contributed by atoms with E-state index in [0.29, 0.717) is 17.6 Å². The van der Waals surface area contributed by atoms with Gasteiger partial charge >= 0.3 is 5.97 Å². The molecule has 6 nitrogen and oxygen atoms in total. The summed E-state index contributed by atoms with van der Waals surface area (Å²) in [5, 5.41) is 17.2. The van der Waals surface area contributed by atoms with Crippen LogP contribution in [-0.4, -0.2) is 31.6 Å². The number of benzene rings is 1. The number of thioether (sulfide) groups is 1. The first-order chi connectivity index (χ1) is 10.1. The van der Waals surface area contributed by atoms with Gasteiger partial charge in [-0.2, -0.15) is 0 Å². The highest BCUT2D eigenvalue weighted by molar-refractivity contribution is 7.99. The Bertz CT molecular complexity index is 628. The number of ether oxygens (including phenoxy) is 1. The van der Waals surface area contributed by atoms with Crippen molar-refractivity contribution in [3.8, 4) is 5.75 Å². The minimum atomic E-state index is -0.878. The zero-order valence-electron chi connectivity index (χ0n) is 11.9. The van der Waals surface area contributed by atoms with E-state index in [1.807, 2.05) is 18.2 Å². The molecule has 0 aliphatic rings. The summed E-state index contributed by atoms with van der Waals surface area (Å²) in [7, 11) is 1.80. The van der Waals surface area contributed by atoms with Crippen molar-refractivity contribution in [1.82, 2.24) is 14.8 Å². The Morgan fingerprint density at radius 2 is 2.24 bits per heavy atom. The van der Waals surface area contributed by atoms with Crippen molar-refractivity contribution in [1.29, 1.82) is 0 Å². The second-order valence-electron chi connectivity index (χ2n) is 4.43. The molecule has 0 saturated heterocycles. The fourth-order valence-electron chi connectivity index (χ4n) is 1.73. The van der Waals surface area contributed by atoms with Crippen molar-refractivity contribution >= 4 is 17.7 Å². The van der Waals surface area contributed by atoms with Gasteiger partial charge in [-0.05, 0) is 24.1 Å². The summed E-state index contributed by atoms with van der Waals surface area (Å²) in [6.45, 7) is 2.39. The molecule has 0 amide bonds. The molecule has 21 heavy (non-hydrogen) atoms. The minimum absolute atomic E-state index is 0.0363. The zero-order chi connectivity index (χ0) is 15.2. The van der Waals surface area contributed by atoms with E-state index in [0.717, 1.165) is 23.9 Å². The largest absolute Gasteiger partial charge is 0.486 e. The smallest absolute Gasteiger partial charge is 0.313 e. The zero-order valence-corrected chi connectivity index (χ0v) is 12.8. The highest BCUT2D eigenvalue weighted by Gasteiger charge is 2.11. The number of aromatic nitrogens is 3. The van der Waals surface area contributed by atoms with Crippen LogP contribution in [0.25, 0.3) is 0 Å². The van der Waals surface area contributed by atoms with Gasteiger partial charge in [-0.25, -0.2) is 0 Å². The van der Waals surface area contributed by atoms with Gasteiger partial charge in [0.15, 0.2) is 11.0 Å². The number of hydrogen-bond acceptors (Lipinski definition) is 5. The Hall–Kier alpha value is -2.02. The van der Waals surface area contributed by atoms with Gasteiger partial charge in [0.05, 0.1) is 5.75 Å². The normalized spacial score (nSPS) is 10.6. The molecule has 0 fully saturated rings. The van der Waals surface area contributed by atoms with Crippen LogP contribution in [0.5, 0.6) is 5.75 Å². The molecule has 0 aliphatic carbocycles. The van der Waals surface area contributed by atoms with Gasteiger partial charge in [0.25, 0.3) is 0 Å². The highest BCUT2D eigenvalue weighted by Crippen LogP contribution is 2.18. The Kier molecular flexibility index (Phi) is 5.21. The van der Waals surface area contributed by atoms with Crippen LogP contribution in [-0.2, 0) is 24.9 Å². The Morgan fingerprint density at radius 3 is 2.95 bits per heavy atom. The van der Waals surface area contributed by atoms with Crippen LogP contribution in [0, 0.1) is 0 Å². The third-order valence-corrected chi connectivity index (χ3v) is 3.93. The quantitative estimate of drug-likeness (QED) is 0.790. The van der Waals surface area contributed by atoms with Gasteiger partial charge in [0.2, 0.25) is 0 Å². The van der Waals surface area contributed by atoms with Crippen LogP contribution in [0.4, 0.5) is 0 Å². The van der Waals surface area contributed by atoms with Gasteiger partial charge in [0, 0.05) is 7.05 Å². The van der Waals surface area contributed by atoms with Crippen LogP contribution in [0.15, 0.2) is 29.4 Å². The minimum Gasteiger partial charge on any atom is -0.486 e. The summed E-state index contributed by atoms with van der Waals surface area (Å²) >= 11 is 1.14.